The van der Waals surface area contributed by atoms with Gasteiger partial charge < -0.3 is 5.32 Å². The predicted octanol–water partition coefficient (Wildman–Crippen LogP) is 4.06. The monoisotopic (exact) mass is 446 g/mol. The fourth-order valence-electron chi connectivity index (χ4n) is 4.21. The summed E-state index contributed by atoms with van der Waals surface area (Å²) in [5.41, 5.74) is 3.39. The molecule has 1 N–H and O–H groups in total. The first-order valence-corrected chi connectivity index (χ1v) is 11.2. The van der Waals surface area contributed by atoms with Crippen LogP contribution < -0.4 is 10.9 Å². The summed E-state index contributed by atoms with van der Waals surface area (Å²) in [6.07, 6.45) is 7.90. The van der Waals surface area contributed by atoms with E-state index in [0.717, 1.165) is 36.2 Å². The van der Waals surface area contributed by atoms with Gasteiger partial charge in [-0.25, -0.2) is 13.8 Å². The van der Waals surface area contributed by atoms with Crippen molar-refractivity contribution in [1.82, 2.24) is 14.9 Å². The second-order valence-corrected chi connectivity index (χ2v) is 8.44. The van der Waals surface area contributed by atoms with Gasteiger partial charge in [-0.2, -0.15) is 0 Å². The molecule has 3 aromatic rings. The van der Waals surface area contributed by atoms with E-state index < -0.39 is 0 Å². The predicted molar refractivity (Wildman–Crippen MR) is 125 cm³/mol. The van der Waals surface area contributed by atoms with Crippen molar-refractivity contribution in [1.29, 1.82) is 0 Å². The topological polar surface area (TPSA) is 59.3 Å². The summed E-state index contributed by atoms with van der Waals surface area (Å²) in [6, 6.07) is 13.0. The lowest BCUT2D eigenvalue weighted by atomic mass is 10.1. The van der Waals surface area contributed by atoms with Crippen LogP contribution in [-0.2, 0) is 6.42 Å². The van der Waals surface area contributed by atoms with Gasteiger partial charge in [-0.15, -0.1) is 0 Å². The zero-order valence-corrected chi connectivity index (χ0v) is 18.0. The molecule has 0 spiro atoms. The Morgan fingerprint density at radius 1 is 1.03 bits per heavy atom. The van der Waals surface area contributed by atoms with Gasteiger partial charge in [-0.05, 0) is 67.8 Å². The van der Waals surface area contributed by atoms with Crippen LogP contribution in [0.5, 0.6) is 0 Å². The third-order valence-corrected chi connectivity index (χ3v) is 6.08. The lowest BCUT2D eigenvalue weighted by Gasteiger charge is -2.12. The smallest absolute Gasteiger partial charge is 0.281 e. The van der Waals surface area contributed by atoms with Gasteiger partial charge in [0.15, 0.2) is 0 Å². The molecule has 2 aromatic carbocycles. The number of nitrogens with zero attached hydrogens (tertiary/aromatic N) is 3. The van der Waals surface area contributed by atoms with Crippen LogP contribution in [-0.4, -0.2) is 34.9 Å². The molecule has 1 aliphatic heterocycles. The second-order valence-electron chi connectivity index (χ2n) is 8.44. The van der Waals surface area contributed by atoms with Crippen molar-refractivity contribution < 1.29 is 8.78 Å². The highest BCUT2D eigenvalue weighted by atomic mass is 19.1. The van der Waals surface area contributed by atoms with Gasteiger partial charge in [0, 0.05) is 35.6 Å². The van der Waals surface area contributed by atoms with Crippen molar-refractivity contribution in [2.24, 2.45) is 4.99 Å². The minimum atomic E-state index is -0.350. The van der Waals surface area contributed by atoms with E-state index in [4.69, 9.17) is 0 Å². The summed E-state index contributed by atoms with van der Waals surface area (Å²) < 4.78 is 28.0. The number of rotatable bonds is 8. The number of allylic oxidation sites excluding steroid dienone is 1. The average Bonchev–Trinajstić information content (AvgIpc) is 3.38. The Bertz CT molecular complexity index is 1260. The SMILES string of the molecule is O=c1c(C2=CCN=C2)nc(CCCN[C@@H]2C[C@H]2c2ccc(F)cc2)cn1-c1ccc(F)cc1. The van der Waals surface area contributed by atoms with Crippen LogP contribution in [0.25, 0.3) is 11.3 Å². The molecule has 1 aromatic heterocycles. The maximum Gasteiger partial charge on any atom is 0.281 e. The van der Waals surface area contributed by atoms with Gasteiger partial charge in [-0.3, -0.25) is 14.4 Å². The van der Waals surface area contributed by atoms with Gasteiger partial charge in [0.1, 0.15) is 17.3 Å². The molecule has 2 atom stereocenters. The van der Waals surface area contributed by atoms with Gasteiger partial charge in [0.25, 0.3) is 5.56 Å². The van der Waals surface area contributed by atoms with Crippen molar-refractivity contribution in [3.63, 3.8) is 0 Å². The first-order valence-electron chi connectivity index (χ1n) is 11.2. The second kappa shape index (κ2) is 9.19. The average molecular weight is 447 g/mol. The molecule has 33 heavy (non-hydrogen) atoms. The van der Waals surface area contributed by atoms with Gasteiger partial charge >= 0.3 is 0 Å². The maximum absolute atomic E-state index is 13.4. The highest BCUT2D eigenvalue weighted by molar-refractivity contribution is 6.10. The Kier molecular flexibility index (Phi) is 5.96. The Morgan fingerprint density at radius 2 is 1.76 bits per heavy atom. The van der Waals surface area contributed by atoms with Crippen LogP contribution in [0.2, 0.25) is 0 Å². The molecule has 0 saturated heterocycles. The van der Waals surface area contributed by atoms with E-state index in [0.29, 0.717) is 36.3 Å². The Morgan fingerprint density at radius 3 is 2.45 bits per heavy atom. The van der Waals surface area contributed by atoms with Crippen LogP contribution in [0, 0.1) is 11.6 Å². The summed E-state index contributed by atoms with van der Waals surface area (Å²) in [5.74, 6) is -0.126. The van der Waals surface area contributed by atoms with Crippen LogP contribution in [0.15, 0.2) is 70.6 Å². The van der Waals surface area contributed by atoms with Crippen LogP contribution in [0.3, 0.4) is 0 Å². The zero-order chi connectivity index (χ0) is 22.8. The van der Waals surface area contributed by atoms with E-state index >= 15 is 0 Å². The van der Waals surface area contributed by atoms with Crippen molar-refractivity contribution in [3.8, 4) is 5.69 Å². The standard InChI is InChI=1S/C26H24F2N4O/c27-19-5-3-17(4-6-19)23-14-24(23)30-12-1-2-21-16-32(22-9-7-20(28)8-10-22)26(33)25(31-21)18-11-13-29-15-18/h3-11,15-16,23-24,30H,1-2,12-14H2/t23-,24+/m0/s1. The molecule has 5 rings (SSSR count). The molecule has 1 fully saturated rings. The largest absolute Gasteiger partial charge is 0.313 e. The molecule has 0 bridgehead atoms. The molecular weight excluding hydrogens is 422 g/mol. The molecular formula is C26H24F2N4O. The third kappa shape index (κ3) is 4.83. The van der Waals surface area contributed by atoms with Crippen molar-refractivity contribution in [2.75, 3.05) is 13.1 Å². The number of halogens is 2. The van der Waals surface area contributed by atoms with E-state index in [9.17, 15) is 13.6 Å². The number of nitrogens with one attached hydrogen (secondary N) is 1. The van der Waals surface area contributed by atoms with E-state index in [1.807, 2.05) is 18.2 Å². The molecule has 2 aliphatic rings. The van der Waals surface area contributed by atoms with Gasteiger partial charge in [0.2, 0.25) is 0 Å². The first-order chi connectivity index (χ1) is 16.1. The van der Waals surface area contributed by atoms with E-state index in [1.54, 1.807) is 24.5 Å². The highest BCUT2D eigenvalue weighted by Crippen LogP contribution is 2.40. The van der Waals surface area contributed by atoms with Crippen molar-refractivity contribution >= 4 is 11.8 Å². The minimum absolute atomic E-state index is 0.211. The summed E-state index contributed by atoms with van der Waals surface area (Å²) >= 11 is 0. The molecule has 7 heteroatoms. The minimum Gasteiger partial charge on any atom is -0.313 e. The number of benzene rings is 2. The highest BCUT2D eigenvalue weighted by Gasteiger charge is 2.37. The number of hydrogen-bond acceptors (Lipinski definition) is 4. The number of aliphatic imine (C=N–C) groups is 1. The molecule has 2 heterocycles. The van der Waals surface area contributed by atoms with E-state index in [2.05, 4.69) is 15.3 Å². The van der Waals surface area contributed by atoms with E-state index in [-0.39, 0.29) is 17.2 Å². The van der Waals surface area contributed by atoms with Crippen LogP contribution in [0.4, 0.5) is 8.78 Å². The summed E-state index contributed by atoms with van der Waals surface area (Å²) in [5, 5.41) is 3.56. The molecule has 0 radical (unpaired) electrons. The lowest BCUT2D eigenvalue weighted by Crippen LogP contribution is -2.25. The number of aryl methyl sites for hydroxylation is 1. The molecule has 0 amide bonds. The maximum atomic E-state index is 13.4. The number of hydrogen-bond donors (Lipinski definition) is 1. The lowest BCUT2D eigenvalue weighted by molar-refractivity contribution is 0.622. The molecule has 5 nitrogen and oxygen atoms in total. The Balaban J connectivity index is 1.27. The van der Waals surface area contributed by atoms with Crippen molar-refractivity contribution in [3.05, 3.63) is 99.7 Å². The molecule has 168 valence electrons. The Hall–Kier alpha value is -3.45. The quantitative estimate of drug-likeness (QED) is 0.531. The van der Waals surface area contributed by atoms with Gasteiger partial charge in [0.05, 0.1) is 12.2 Å². The summed E-state index contributed by atoms with van der Waals surface area (Å²) in [6.45, 7) is 1.36. The Labute approximate surface area is 190 Å². The molecule has 1 saturated carbocycles. The number of aromatic nitrogens is 2. The summed E-state index contributed by atoms with van der Waals surface area (Å²) in [7, 11) is 0. The van der Waals surface area contributed by atoms with Crippen molar-refractivity contribution in [2.45, 2.75) is 31.2 Å². The third-order valence-electron chi connectivity index (χ3n) is 6.08. The molecule has 0 unspecified atom stereocenters. The van der Waals surface area contributed by atoms with Crippen LogP contribution in [0.1, 0.15) is 35.7 Å². The zero-order valence-electron chi connectivity index (χ0n) is 18.0. The fourth-order valence-corrected chi connectivity index (χ4v) is 4.21. The fraction of sp³-hybridized carbons (Fsp3) is 0.269. The first kappa shape index (κ1) is 21.4. The van der Waals surface area contributed by atoms with Crippen LogP contribution >= 0.6 is 0 Å². The van der Waals surface area contributed by atoms with E-state index in [1.165, 1.54) is 28.8 Å². The normalized spacial score (nSPS) is 19.0. The summed E-state index contributed by atoms with van der Waals surface area (Å²) in [4.78, 5) is 21.9. The molecule has 1 aliphatic carbocycles. The van der Waals surface area contributed by atoms with Gasteiger partial charge in [-0.1, -0.05) is 18.2 Å².